The molecule has 3 heteroatoms. The van der Waals surface area contributed by atoms with Gasteiger partial charge in [0.05, 0.1) is 0 Å². The van der Waals surface area contributed by atoms with Crippen molar-refractivity contribution in [3.63, 3.8) is 0 Å². The molecule has 0 aliphatic carbocycles. The van der Waals surface area contributed by atoms with Crippen LogP contribution in [0.4, 0.5) is 5.69 Å². The van der Waals surface area contributed by atoms with Crippen molar-refractivity contribution in [3.05, 3.63) is 28.8 Å². The van der Waals surface area contributed by atoms with Crippen LogP contribution in [0.5, 0.6) is 0 Å². The Kier molecular flexibility index (Phi) is 2.18. The van der Waals surface area contributed by atoms with Gasteiger partial charge in [0.1, 0.15) is 0 Å². The lowest BCUT2D eigenvalue weighted by Gasteiger charge is -2.13. The van der Waals surface area contributed by atoms with E-state index >= 15 is 0 Å². The molecule has 0 radical (unpaired) electrons. The summed E-state index contributed by atoms with van der Waals surface area (Å²) in [6, 6.07) is 6.09. The second-order valence-corrected chi connectivity index (χ2v) is 4.01. The zero-order chi connectivity index (χ0) is 9.42. The molecule has 1 aromatic carbocycles. The number of hydrogen-bond acceptors (Lipinski definition) is 2. The molecule has 0 amide bonds. The second-order valence-electron chi connectivity index (χ2n) is 3.58. The summed E-state index contributed by atoms with van der Waals surface area (Å²) in [6.07, 6.45) is 0. The fraction of sp³-hybridized carbons (Fsp3) is 0.400. The van der Waals surface area contributed by atoms with Crippen LogP contribution < -0.4 is 11.1 Å². The van der Waals surface area contributed by atoms with Gasteiger partial charge in [-0.3, -0.25) is 0 Å². The molecule has 2 atom stereocenters. The highest BCUT2D eigenvalue weighted by Gasteiger charge is 2.24. The monoisotopic (exact) mass is 196 g/mol. The van der Waals surface area contributed by atoms with Crippen molar-refractivity contribution in [1.82, 2.24) is 0 Å². The summed E-state index contributed by atoms with van der Waals surface area (Å²) in [5.74, 6) is 0.397. The van der Waals surface area contributed by atoms with Gasteiger partial charge < -0.3 is 11.1 Å². The molecule has 2 rings (SSSR count). The predicted molar refractivity (Wildman–Crippen MR) is 56.3 cm³/mol. The highest BCUT2D eigenvalue weighted by molar-refractivity contribution is 6.30. The number of nitrogens with one attached hydrogen (secondary N) is 1. The van der Waals surface area contributed by atoms with E-state index in [4.69, 9.17) is 17.3 Å². The van der Waals surface area contributed by atoms with Crippen LogP contribution in [0.2, 0.25) is 5.02 Å². The van der Waals surface area contributed by atoms with Gasteiger partial charge in [0.25, 0.3) is 0 Å². The number of nitrogens with two attached hydrogens (primary N) is 1. The van der Waals surface area contributed by atoms with Crippen molar-refractivity contribution in [2.45, 2.75) is 18.9 Å². The van der Waals surface area contributed by atoms with Gasteiger partial charge in [-0.15, -0.1) is 0 Å². The highest BCUT2D eigenvalue weighted by Crippen LogP contribution is 2.34. The Balaban J connectivity index is 2.40. The van der Waals surface area contributed by atoms with Crippen LogP contribution >= 0.6 is 11.6 Å². The fourth-order valence-electron chi connectivity index (χ4n) is 1.80. The Labute approximate surface area is 83.1 Å². The van der Waals surface area contributed by atoms with Crippen LogP contribution in [-0.4, -0.2) is 12.6 Å². The first-order valence-electron chi connectivity index (χ1n) is 4.47. The van der Waals surface area contributed by atoms with Crippen LogP contribution in [0.15, 0.2) is 18.2 Å². The molecule has 3 N–H and O–H groups in total. The van der Waals surface area contributed by atoms with Gasteiger partial charge in [0.2, 0.25) is 0 Å². The zero-order valence-corrected chi connectivity index (χ0v) is 8.31. The summed E-state index contributed by atoms with van der Waals surface area (Å²) in [4.78, 5) is 0. The molecular formula is C10H13ClN2. The third-order valence-corrected chi connectivity index (χ3v) is 2.80. The fourth-order valence-corrected chi connectivity index (χ4v) is 1.98. The van der Waals surface area contributed by atoms with Crippen LogP contribution in [0, 0.1) is 0 Å². The van der Waals surface area contributed by atoms with E-state index in [-0.39, 0.29) is 6.04 Å². The minimum Gasteiger partial charge on any atom is -0.384 e. The molecule has 0 saturated heterocycles. The molecule has 0 saturated carbocycles. The second kappa shape index (κ2) is 3.20. The lowest BCUT2D eigenvalue weighted by Crippen LogP contribution is -2.25. The van der Waals surface area contributed by atoms with Crippen LogP contribution in [0.25, 0.3) is 0 Å². The van der Waals surface area contributed by atoms with E-state index in [1.807, 2.05) is 25.1 Å². The average molecular weight is 197 g/mol. The molecule has 0 fully saturated rings. The third-order valence-electron chi connectivity index (χ3n) is 2.56. The van der Waals surface area contributed by atoms with Crippen LogP contribution in [-0.2, 0) is 0 Å². The molecule has 1 aromatic rings. The van der Waals surface area contributed by atoms with E-state index in [1.165, 1.54) is 11.3 Å². The molecule has 1 aliphatic rings. The van der Waals surface area contributed by atoms with Gasteiger partial charge in [-0.25, -0.2) is 0 Å². The lowest BCUT2D eigenvalue weighted by molar-refractivity contribution is 0.610. The van der Waals surface area contributed by atoms with E-state index in [0.29, 0.717) is 5.92 Å². The molecule has 0 spiro atoms. The lowest BCUT2D eigenvalue weighted by atomic mass is 9.95. The largest absolute Gasteiger partial charge is 0.384 e. The molecule has 0 aromatic heterocycles. The molecule has 13 heavy (non-hydrogen) atoms. The zero-order valence-electron chi connectivity index (χ0n) is 7.55. The molecule has 1 heterocycles. The first-order chi connectivity index (χ1) is 6.18. The summed E-state index contributed by atoms with van der Waals surface area (Å²) in [5.41, 5.74) is 8.30. The van der Waals surface area contributed by atoms with E-state index in [9.17, 15) is 0 Å². The highest BCUT2D eigenvalue weighted by atomic mass is 35.5. The Hall–Kier alpha value is -0.730. The van der Waals surface area contributed by atoms with Crippen LogP contribution in [0.1, 0.15) is 18.4 Å². The van der Waals surface area contributed by atoms with Gasteiger partial charge in [0.15, 0.2) is 0 Å². The SMILES string of the molecule is CC(N)C1CNc2ccc(Cl)cc21. The maximum Gasteiger partial charge on any atom is 0.0410 e. The smallest absolute Gasteiger partial charge is 0.0410 e. The van der Waals surface area contributed by atoms with Crippen molar-refractivity contribution in [2.75, 3.05) is 11.9 Å². The first-order valence-corrected chi connectivity index (χ1v) is 4.85. The van der Waals surface area contributed by atoms with E-state index < -0.39 is 0 Å². The van der Waals surface area contributed by atoms with Crippen molar-refractivity contribution in [1.29, 1.82) is 0 Å². The summed E-state index contributed by atoms with van der Waals surface area (Å²) in [6.45, 7) is 2.95. The normalized spacial score (nSPS) is 22.2. The Morgan fingerprint density at radius 2 is 2.38 bits per heavy atom. The van der Waals surface area contributed by atoms with Crippen molar-refractivity contribution >= 4 is 17.3 Å². The van der Waals surface area contributed by atoms with Crippen LogP contribution in [0.3, 0.4) is 0 Å². The minimum atomic E-state index is 0.173. The molecule has 2 unspecified atom stereocenters. The quantitative estimate of drug-likeness (QED) is 0.723. The van der Waals surface area contributed by atoms with E-state index in [1.54, 1.807) is 0 Å². The number of hydrogen-bond donors (Lipinski definition) is 2. The topological polar surface area (TPSA) is 38.0 Å². The summed E-state index contributed by atoms with van der Waals surface area (Å²) < 4.78 is 0. The Morgan fingerprint density at radius 3 is 3.08 bits per heavy atom. The molecular weight excluding hydrogens is 184 g/mol. The summed E-state index contributed by atoms with van der Waals surface area (Å²) >= 11 is 5.92. The van der Waals surface area contributed by atoms with Crippen molar-refractivity contribution in [2.24, 2.45) is 5.73 Å². The van der Waals surface area contributed by atoms with Gasteiger partial charge >= 0.3 is 0 Å². The summed E-state index contributed by atoms with van der Waals surface area (Å²) in [5, 5.41) is 4.11. The van der Waals surface area contributed by atoms with Crippen molar-refractivity contribution < 1.29 is 0 Å². The standard InChI is InChI=1S/C10H13ClN2/c1-6(12)9-5-13-10-3-2-7(11)4-8(9)10/h2-4,6,9,13H,5,12H2,1H3. The molecule has 70 valence electrons. The Bertz CT molecular complexity index is 323. The minimum absolute atomic E-state index is 0.173. The number of fused-ring (bicyclic) bond motifs is 1. The first kappa shape index (κ1) is 8.85. The number of halogens is 1. The maximum atomic E-state index is 5.92. The number of anilines is 1. The van der Waals surface area contributed by atoms with Gasteiger partial charge in [-0.1, -0.05) is 11.6 Å². The number of rotatable bonds is 1. The maximum absolute atomic E-state index is 5.92. The van der Waals surface area contributed by atoms with Gasteiger partial charge in [0, 0.05) is 29.2 Å². The van der Waals surface area contributed by atoms with Crippen molar-refractivity contribution in [3.8, 4) is 0 Å². The van der Waals surface area contributed by atoms with Gasteiger partial charge in [-0.05, 0) is 30.7 Å². The Morgan fingerprint density at radius 1 is 1.62 bits per heavy atom. The third kappa shape index (κ3) is 1.52. The molecule has 2 nitrogen and oxygen atoms in total. The predicted octanol–water partition coefficient (Wildman–Crippen LogP) is 2.20. The number of benzene rings is 1. The average Bonchev–Trinajstić information content (AvgIpc) is 2.46. The van der Waals surface area contributed by atoms with E-state index in [0.717, 1.165) is 11.6 Å². The van der Waals surface area contributed by atoms with E-state index in [2.05, 4.69) is 5.32 Å². The molecule has 1 aliphatic heterocycles. The molecule has 0 bridgehead atoms. The van der Waals surface area contributed by atoms with Gasteiger partial charge in [-0.2, -0.15) is 0 Å². The summed E-state index contributed by atoms with van der Waals surface area (Å²) in [7, 11) is 0.